The van der Waals surface area contributed by atoms with Crippen LogP contribution < -0.4 is 15.3 Å². The minimum absolute atomic E-state index is 0.132. The van der Waals surface area contributed by atoms with E-state index in [-0.39, 0.29) is 13.2 Å². The zero-order chi connectivity index (χ0) is 15.6. The molecule has 20 heavy (non-hydrogen) atoms. The lowest BCUT2D eigenvalue weighted by Gasteiger charge is -2.19. The van der Waals surface area contributed by atoms with Crippen LogP contribution >= 0.6 is 7.59 Å². The first-order valence-electron chi connectivity index (χ1n) is 5.75. The standard InChI is InChI=1S/C9H18N3O7P/c1-3-18-7(13)5-10-20(17,12-9(15)16)11-6-8(14)19-4-2/h3-6H2,1-2H3,(H,15,16)(H3,10,11,12,17). The first-order valence-corrected chi connectivity index (χ1v) is 7.46. The van der Waals surface area contributed by atoms with Crippen molar-refractivity contribution in [1.29, 1.82) is 0 Å². The maximum atomic E-state index is 12.1. The summed E-state index contributed by atoms with van der Waals surface area (Å²) in [6.45, 7) is 2.47. The topological polar surface area (TPSA) is 143 Å². The second-order valence-corrected chi connectivity index (χ2v) is 5.38. The highest BCUT2D eigenvalue weighted by atomic mass is 31.2. The van der Waals surface area contributed by atoms with Crippen LogP contribution in [-0.4, -0.2) is 49.4 Å². The number of hydrogen-bond acceptors (Lipinski definition) is 6. The molecule has 0 aromatic heterocycles. The van der Waals surface area contributed by atoms with Gasteiger partial charge in [0.05, 0.1) is 13.2 Å². The van der Waals surface area contributed by atoms with Crippen molar-refractivity contribution in [1.82, 2.24) is 15.3 Å². The van der Waals surface area contributed by atoms with E-state index in [1.54, 1.807) is 18.9 Å². The summed E-state index contributed by atoms with van der Waals surface area (Å²) >= 11 is 0. The molecule has 0 aliphatic rings. The zero-order valence-corrected chi connectivity index (χ0v) is 12.1. The minimum atomic E-state index is -3.88. The van der Waals surface area contributed by atoms with Gasteiger partial charge in [0.15, 0.2) is 0 Å². The van der Waals surface area contributed by atoms with Gasteiger partial charge in [-0.3, -0.25) is 14.2 Å². The average molecular weight is 311 g/mol. The van der Waals surface area contributed by atoms with Crippen molar-refractivity contribution in [2.45, 2.75) is 13.8 Å². The number of hydrogen-bond donors (Lipinski definition) is 4. The second-order valence-electron chi connectivity index (χ2n) is 3.31. The number of carbonyl (C=O) groups is 3. The molecule has 11 heteroatoms. The minimum Gasteiger partial charge on any atom is -0.465 e. The molecule has 0 rings (SSSR count). The lowest BCUT2D eigenvalue weighted by atomic mass is 10.7. The van der Waals surface area contributed by atoms with Crippen molar-refractivity contribution in [2.24, 2.45) is 0 Å². The van der Waals surface area contributed by atoms with Gasteiger partial charge in [0, 0.05) is 0 Å². The van der Waals surface area contributed by atoms with Gasteiger partial charge in [-0.05, 0) is 13.8 Å². The van der Waals surface area contributed by atoms with E-state index < -0.39 is 38.7 Å². The predicted molar refractivity (Wildman–Crippen MR) is 68.0 cm³/mol. The molecular weight excluding hydrogens is 293 g/mol. The van der Waals surface area contributed by atoms with Crippen LogP contribution in [0.25, 0.3) is 0 Å². The van der Waals surface area contributed by atoms with E-state index >= 15 is 0 Å². The van der Waals surface area contributed by atoms with Gasteiger partial charge in [0.25, 0.3) is 0 Å². The van der Waals surface area contributed by atoms with Crippen LogP contribution in [-0.2, 0) is 23.6 Å². The zero-order valence-electron chi connectivity index (χ0n) is 11.2. The number of nitrogens with one attached hydrogen (secondary N) is 3. The number of carbonyl (C=O) groups excluding carboxylic acids is 2. The summed E-state index contributed by atoms with van der Waals surface area (Å²) in [5, 5.41) is 14.6. The lowest BCUT2D eigenvalue weighted by Crippen LogP contribution is -2.39. The molecular formula is C9H18N3O7P. The highest BCUT2D eigenvalue weighted by molar-refractivity contribution is 7.58. The molecule has 0 aliphatic carbocycles. The Kier molecular flexibility index (Phi) is 8.53. The Morgan fingerprint density at radius 3 is 1.70 bits per heavy atom. The van der Waals surface area contributed by atoms with E-state index in [0.717, 1.165) is 0 Å². The number of ether oxygens (including phenoxy) is 2. The molecule has 0 aromatic carbocycles. The maximum absolute atomic E-state index is 12.1. The van der Waals surface area contributed by atoms with Gasteiger partial charge >= 0.3 is 25.6 Å². The lowest BCUT2D eigenvalue weighted by molar-refractivity contribution is -0.142. The van der Waals surface area contributed by atoms with E-state index in [1.165, 1.54) is 0 Å². The fraction of sp³-hybridized carbons (Fsp3) is 0.667. The molecule has 10 nitrogen and oxygen atoms in total. The molecule has 0 heterocycles. The van der Waals surface area contributed by atoms with Crippen LogP contribution in [0, 0.1) is 0 Å². The van der Waals surface area contributed by atoms with Crippen molar-refractivity contribution in [3.05, 3.63) is 0 Å². The number of esters is 2. The van der Waals surface area contributed by atoms with E-state index in [1.807, 2.05) is 0 Å². The summed E-state index contributed by atoms with van der Waals surface area (Å²) in [5.41, 5.74) is 0. The first-order chi connectivity index (χ1) is 9.33. The summed E-state index contributed by atoms with van der Waals surface area (Å²) in [5.74, 6) is -1.42. The first kappa shape index (κ1) is 18.4. The van der Waals surface area contributed by atoms with Crippen molar-refractivity contribution < 1.29 is 33.5 Å². The molecule has 0 unspecified atom stereocenters. The second kappa shape index (κ2) is 9.29. The van der Waals surface area contributed by atoms with Crippen molar-refractivity contribution in [3.63, 3.8) is 0 Å². The molecule has 0 atom stereocenters. The largest absolute Gasteiger partial charge is 0.465 e. The van der Waals surface area contributed by atoms with E-state index in [9.17, 15) is 18.9 Å². The van der Waals surface area contributed by atoms with Crippen molar-refractivity contribution in [3.8, 4) is 0 Å². The smallest absolute Gasteiger partial charge is 0.412 e. The van der Waals surface area contributed by atoms with Crippen LogP contribution in [0.5, 0.6) is 0 Å². The van der Waals surface area contributed by atoms with Gasteiger partial charge in [-0.25, -0.2) is 20.1 Å². The molecule has 0 saturated carbocycles. The Labute approximate surface area is 115 Å². The Bertz CT molecular complexity index is 375. The highest BCUT2D eigenvalue weighted by Crippen LogP contribution is 2.29. The van der Waals surface area contributed by atoms with Crippen LogP contribution in [0.15, 0.2) is 0 Å². The van der Waals surface area contributed by atoms with Gasteiger partial charge < -0.3 is 14.6 Å². The quantitative estimate of drug-likeness (QED) is 0.332. The summed E-state index contributed by atoms with van der Waals surface area (Å²) in [4.78, 5) is 32.8. The number of carboxylic acid groups (broad SMARTS) is 1. The third-order valence-electron chi connectivity index (χ3n) is 1.76. The van der Waals surface area contributed by atoms with Gasteiger partial charge in [-0.15, -0.1) is 0 Å². The maximum Gasteiger partial charge on any atom is 0.412 e. The monoisotopic (exact) mass is 311 g/mol. The third kappa shape index (κ3) is 8.46. The Hall–Kier alpha value is -1.64. The van der Waals surface area contributed by atoms with Crippen LogP contribution in [0.3, 0.4) is 0 Å². The molecule has 1 amide bonds. The molecule has 4 N–H and O–H groups in total. The molecule has 0 saturated heterocycles. The predicted octanol–water partition coefficient (Wildman–Crippen LogP) is -0.332. The summed E-state index contributed by atoms with van der Waals surface area (Å²) < 4.78 is 21.3. The SMILES string of the molecule is CCOC(=O)CNP(=O)(NCC(=O)OCC)NC(=O)O. The molecule has 0 bridgehead atoms. The van der Waals surface area contributed by atoms with Gasteiger partial charge in [0.1, 0.15) is 13.1 Å². The molecule has 0 fully saturated rings. The van der Waals surface area contributed by atoms with Crippen molar-refractivity contribution >= 4 is 25.6 Å². The van der Waals surface area contributed by atoms with E-state index in [4.69, 9.17) is 5.11 Å². The molecule has 0 aromatic rings. The van der Waals surface area contributed by atoms with Gasteiger partial charge in [0.2, 0.25) is 0 Å². The summed E-state index contributed by atoms with van der Waals surface area (Å²) in [6.07, 6.45) is -1.58. The average Bonchev–Trinajstić information content (AvgIpc) is 2.34. The van der Waals surface area contributed by atoms with Crippen LogP contribution in [0.1, 0.15) is 13.8 Å². The fourth-order valence-corrected chi connectivity index (χ4v) is 2.29. The highest BCUT2D eigenvalue weighted by Gasteiger charge is 2.26. The van der Waals surface area contributed by atoms with E-state index in [0.29, 0.717) is 0 Å². The van der Waals surface area contributed by atoms with Crippen LogP contribution in [0.4, 0.5) is 4.79 Å². The van der Waals surface area contributed by atoms with Gasteiger partial charge in [-0.1, -0.05) is 0 Å². The van der Waals surface area contributed by atoms with Gasteiger partial charge in [-0.2, -0.15) is 0 Å². The molecule has 0 aliphatic heterocycles. The molecule has 0 spiro atoms. The molecule has 0 radical (unpaired) electrons. The molecule has 116 valence electrons. The summed E-state index contributed by atoms with van der Waals surface area (Å²) in [6, 6.07) is 0. The summed E-state index contributed by atoms with van der Waals surface area (Å²) in [7, 11) is -3.88. The van der Waals surface area contributed by atoms with E-state index in [2.05, 4.69) is 19.6 Å². The fourth-order valence-electron chi connectivity index (χ4n) is 1.05. The Balaban J connectivity index is 4.50. The van der Waals surface area contributed by atoms with Crippen molar-refractivity contribution in [2.75, 3.05) is 26.3 Å². The Morgan fingerprint density at radius 1 is 1.00 bits per heavy atom. The Morgan fingerprint density at radius 2 is 1.40 bits per heavy atom. The third-order valence-corrected chi connectivity index (χ3v) is 3.47. The number of amides is 1. The normalized spacial score (nSPS) is 10.7. The number of rotatable bonds is 9. The van der Waals surface area contributed by atoms with Crippen LogP contribution in [0.2, 0.25) is 0 Å².